The van der Waals surface area contributed by atoms with Crippen LogP contribution >= 0.6 is 0 Å². The van der Waals surface area contributed by atoms with E-state index < -0.39 is 0 Å². The van der Waals surface area contributed by atoms with Crippen molar-refractivity contribution in [3.05, 3.63) is 35.6 Å². The quantitative estimate of drug-likeness (QED) is 0.603. The van der Waals surface area contributed by atoms with Gasteiger partial charge in [0.1, 0.15) is 17.9 Å². The lowest BCUT2D eigenvalue weighted by Gasteiger charge is -2.36. The summed E-state index contributed by atoms with van der Waals surface area (Å²) < 4.78 is 5.98. The smallest absolute Gasteiger partial charge is 0.191 e. The van der Waals surface area contributed by atoms with Crippen LogP contribution in [0.5, 0.6) is 0 Å². The Kier molecular flexibility index (Phi) is 6.74. The van der Waals surface area contributed by atoms with E-state index in [-0.39, 0.29) is 0 Å². The monoisotopic (exact) mass is 371 g/mol. The van der Waals surface area contributed by atoms with E-state index in [2.05, 4.69) is 54.3 Å². The number of guanidine groups is 1. The number of para-hydroxylation sites is 1. The SMILES string of the molecule is CCNC(=NCc1oc2ccccc2c1C)NCC(C)N1CCN(C)CC1. The van der Waals surface area contributed by atoms with Crippen LogP contribution in [-0.2, 0) is 6.54 Å². The Labute approximate surface area is 162 Å². The van der Waals surface area contributed by atoms with Crippen molar-refractivity contribution in [2.45, 2.75) is 33.4 Å². The second-order valence-corrected chi connectivity index (χ2v) is 7.41. The maximum atomic E-state index is 5.98. The van der Waals surface area contributed by atoms with Crippen LogP contribution in [0.3, 0.4) is 0 Å². The number of likely N-dealkylation sites (N-methyl/N-ethyl adjacent to an activating group) is 1. The standard InChI is InChI=1S/C21H33N5O/c1-5-22-21(23-14-16(2)26-12-10-25(4)11-13-26)24-15-20-17(3)18-8-6-7-9-19(18)27-20/h6-9,16H,5,10-15H2,1-4H3,(H2,22,23,24). The Morgan fingerprint density at radius 2 is 1.93 bits per heavy atom. The number of rotatable bonds is 6. The molecule has 6 heteroatoms. The van der Waals surface area contributed by atoms with Crippen LogP contribution in [0.2, 0.25) is 0 Å². The van der Waals surface area contributed by atoms with Gasteiger partial charge >= 0.3 is 0 Å². The molecule has 1 aromatic heterocycles. The van der Waals surface area contributed by atoms with Crippen molar-refractivity contribution in [1.82, 2.24) is 20.4 Å². The van der Waals surface area contributed by atoms with Crippen LogP contribution in [0.25, 0.3) is 11.0 Å². The minimum absolute atomic E-state index is 0.482. The van der Waals surface area contributed by atoms with Gasteiger partial charge in [-0.15, -0.1) is 0 Å². The summed E-state index contributed by atoms with van der Waals surface area (Å²) in [6.45, 7) is 13.3. The molecule has 1 aliphatic heterocycles. The van der Waals surface area contributed by atoms with E-state index in [1.165, 1.54) is 10.9 Å². The lowest BCUT2D eigenvalue weighted by molar-refractivity contribution is 0.120. The van der Waals surface area contributed by atoms with Crippen molar-refractivity contribution in [2.75, 3.05) is 46.3 Å². The average molecular weight is 372 g/mol. The predicted molar refractivity (Wildman–Crippen MR) is 112 cm³/mol. The summed E-state index contributed by atoms with van der Waals surface area (Å²) in [6, 6.07) is 8.64. The third kappa shape index (κ3) is 5.02. The highest BCUT2D eigenvalue weighted by molar-refractivity contribution is 5.82. The molecular weight excluding hydrogens is 338 g/mol. The van der Waals surface area contributed by atoms with E-state index >= 15 is 0 Å². The van der Waals surface area contributed by atoms with Crippen LogP contribution in [-0.4, -0.2) is 68.1 Å². The van der Waals surface area contributed by atoms with Gasteiger partial charge in [-0.2, -0.15) is 0 Å². The van der Waals surface area contributed by atoms with Crippen molar-refractivity contribution in [3.8, 4) is 0 Å². The Morgan fingerprint density at radius 1 is 1.19 bits per heavy atom. The Balaban J connectivity index is 1.59. The number of furan rings is 1. The average Bonchev–Trinajstić information content (AvgIpc) is 3.00. The summed E-state index contributed by atoms with van der Waals surface area (Å²) in [4.78, 5) is 9.67. The number of benzene rings is 1. The normalized spacial score (nSPS) is 18.0. The number of nitrogens with zero attached hydrogens (tertiary/aromatic N) is 3. The van der Waals surface area contributed by atoms with Gasteiger partial charge in [-0.1, -0.05) is 18.2 Å². The molecule has 0 radical (unpaired) electrons. The number of hydrogen-bond acceptors (Lipinski definition) is 4. The van der Waals surface area contributed by atoms with E-state index in [4.69, 9.17) is 9.41 Å². The van der Waals surface area contributed by atoms with E-state index in [9.17, 15) is 0 Å². The molecule has 1 aromatic carbocycles. The molecule has 0 spiro atoms. The number of hydrogen-bond donors (Lipinski definition) is 2. The molecule has 27 heavy (non-hydrogen) atoms. The maximum absolute atomic E-state index is 5.98. The minimum Gasteiger partial charge on any atom is -0.459 e. The first-order valence-corrected chi connectivity index (χ1v) is 10.00. The van der Waals surface area contributed by atoms with Gasteiger partial charge in [-0.05, 0) is 33.9 Å². The molecule has 148 valence electrons. The van der Waals surface area contributed by atoms with Crippen molar-refractivity contribution in [1.29, 1.82) is 0 Å². The molecular formula is C21H33N5O. The van der Waals surface area contributed by atoms with Gasteiger partial charge in [0.2, 0.25) is 0 Å². The molecule has 0 aliphatic carbocycles. The molecule has 1 aliphatic rings. The second kappa shape index (κ2) is 9.24. The Morgan fingerprint density at radius 3 is 2.63 bits per heavy atom. The van der Waals surface area contributed by atoms with Gasteiger partial charge in [-0.3, -0.25) is 4.90 Å². The Hall–Kier alpha value is -2.05. The Bertz CT molecular complexity index is 761. The predicted octanol–water partition coefficient (Wildman–Crippen LogP) is 2.43. The van der Waals surface area contributed by atoms with E-state index in [0.717, 1.165) is 56.6 Å². The van der Waals surface area contributed by atoms with Crippen molar-refractivity contribution >= 4 is 16.9 Å². The molecule has 2 aromatic rings. The largest absolute Gasteiger partial charge is 0.459 e. The van der Waals surface area contributed by atoms with Gasteiger partial charge in [-0.25, -0.2) is 4.99 Å². The van der Waals surface area contributed by atoms with Crippen molar-refractivity contribution in [3.63, 3.8) is 0 Å². The highest BCUT2D eigenvalue weighted by Crippen LogP contribution is 2.25. The van der Waals surface area contributed by atoms with Crippen LogP contribution in [0.1, 0.15) is 25.2 Å². The summed E-state index contributed by atoms with van der Waals surface area (Å²) in [5.74, 6) is 1.78. The van der Waals surface area contributed by atoms with E-state index in [1.807, 2.05) is 18.2 Å². The van der Waals surface area contributed by atoms with Crippen LogP contribution < -0.4 is 10.6 Å². The van der Waals surface area contributed by atoms with Gasteiger partial charge in [0.15, 0.2) is 5.96 Å². The molecule has 2 heterocycles. The second-order valence-electron chi connectivity index (χ2n) is 7.41. The van der Waals surface area contributed by atoms with Gasteiger partial charge in [0.05, 0.1) is 0 Å². The fourth-order valence-electron chi connectivity index (χ4n) is 3.50. The highest BCUT2D eigenvalue weighted by atomic mass is 16.3. The fourth-order valence-corrected chi connectivity index (χ4v) is 3.50. The molecule has 1 unspecified atom stereocenters. The zero-order valence-electron chi connectivity index (χ0n) is 17.1. The lowest BCUT2D eigenvalue weighted by atomic mass is 10.1. The van der Waals surface area contributed by atoms with Gasteiger partial charge < -0.3 is 20.0 Å². The zero-order valence-corrected chi connectivity index (χ0v) is 17.1. The van der Waals surface area contributed by atoms with E-state index in [1.54, 1.807) is 0 Å². The molecule has 0 amide bonds. The molecule has 1 fully saturated rings. The summed E-state index contributed by atoms with van der Waals surface area (Å²) in [5.41, 5.74) is 2.11. The number of aliphatic imine (C=N–C) groups is 1. The fraction of sp³-hybridized carbons (Fsp3) is 0.571. The zero-order chi connectivity index (χ0) is 19.2. The third-order valence-electron chi connectivity index (χ3n) is 5.39. The lowest BCUT2D eigenvalue weighted by Crippen LogP contribution is -2.52. The van der Waals surface area contributed by atoms with Crippen molar-refractivity contribution in [2.24, 2.45) is 4.99 Å². The van der Waals surface area contributed by atoms with Gasteiger partial charge in [0.25, 0.3) is 0 Å². The summed E-state index contributed by atoms with van der Waals surface area (Å²) in [5, 5.41) is 8.01. The number of nitrogens with one attached hydrogen (secondary N) is 2. The molecule has 1 atom stereocenters. The first-order valence-electron chi connectivity index (χ1n) is 10.00. The molecule has 1 saturated heterocycles. The number of fused-ring (bicyclic) bond motifs is 1. The minimum atomic E-state index is 0.482. The first kappa shape index (κ1) is 19.7. The maximum Gasteiger partial charge on any atom is 0.191 e. The molecule has 2 N–H and O–H groups in total. The van der Waals surface area contributed by atoms with Gasteiger partial charge in [0, 0.05) is 56.3 Å². The third-order valence-corrected chi connectivity index (χ3v) is 5.39. The molecule has 0 saturated carbocycles. The highest BCUT2D eigenvalue weighted by Gasteiger charge is 2.19. The van der Waals surface area contributed by atoms with Crippen LogP contribution in [0.4, 0.5) is 0 Å². The molecule has 6 nitrogen and oxygen atoms in total. The number of piperazine rings is 1. The van der Waals surface area contributed by atoms with Crippen molar-refractivity contribution < 1.29 is 4.42 Å². The molecule has 3 rings (SSSR count). The summed E-state index contributed by atoms with van der Waals surface area (Å²) in [7, 11) is 2.19. The van der Waals surface area contributed by atoms with Crippen LogP contribution in [0, 0.1) is 6.92 Å². The molecule has 0 bridgehead atoms. The first-order chi connectivity index (χ1) is 13.1. The summed E-state index contributed by atoms with van der Waals surface area (Å²) >= 11 is 0. The van der Waals surface area contributed by atoms with Crippen LogP contribution in [0.15, 0.2) is 33.7 Å². The number of aryl methyl sites for hydroxylation is 1. The topological polar surface area (TPSA) is 56.0 Å². The van der Waals surface area contributed by atoms with E-state index in [0.29, 0.717) is 12.6 Å². The summed E-state index contributed by atoms with van der Waals surface area (Å²) in [6.07, 6.45) is 0.